The van der Waals surface area contributed by atoms with Crippen molar-refractivity contribution < 1.29 is 14.7 Å². The van der Waals surface area contributed by atoms with Crippen LogP contribution in [0.25, 0.3) is 6.08 Å². The van der Waals surface area contributed by atoms with Gasteiger partial charge in [0.1, 0.15) is 11.6 Å². The minimum Gasteiger partial charge on any atom is -0.478 e. The Balaban J connectivity index is 2.31. The van der Waals surface area contributed by atoms with Gasteiger partial charge in [0.25, 0.3) is 0 Å². The molecule has 0 heterocycles. The first-order valence-corrected chi connectivity index (χ1v) is 6.58. The number of carbonyl (C=O) groups excluding carboxylic acids is 1. The third-order valence-corrected chi connectivity index (χ3v) is 3.15. The van der Waals surface area contributed by atoms with Crippen LogP contribution in [0.1, 0.15) is 31.8 Å². The molecule has 0 bridgehead atoms. The van der Waals surface area contributed by atoms with Crippen LogP contribution in [0.5, 0.6) is 0 Å². The Morgan fingerprint density at radius 2 is 1.55 bits per heavy atom. The summed E-state index contributed by atoms with van der Waals surface area (Å²) >= 11 is 0. The average molecular weight is 291 g/mol. The minimum absolute atomic E-state index is 0.00641. The molecule has 0 spiro atoms. The summed E-state index contributed by atoms with van der Waals surface area (Å²) in [6.07, 6.45) is 1.45. The van der Waals surface area contributed by atoms with Gasteiger partial charge in [-0.25, -0.2) is 4.79 Å². The molecule has 4 heteroatoms. The van der Waals surface area contributed by atoms with Crippen LogP contribution < -0.4 is 0 Å². The number of allylic oxidation sites excluding steroid dienone is 1. The lowest BCUT2D eigenvalue weighted by Gasteiger charge is -2.01. The van der Waals surface area contributed by atoms with Crippen molar-refractivity contribution >= 4 is 17.8 Å². The molecule has 0 fully saturated rings. The fourth-order valence-corrected chi connectivity index (χ4v) is 1.90. The highest BCUT2D eigenvalue weighted by Crippen LogP contribution is 2.14. The standard InChI is InChI=1S/C18H13NO3/c1-12-2-6-14(7-3-12)17(20)16(11-19)10-13-4-8-15(9-5-13)18(21)22/h2-10H,1H3,(H,21,22)/b16-10+. The molecular formula is C18H13NO3. The van der Waals surface area contributed by atoms with Crippen molar-refractivity contribution in [1.29, 1.82) is 5.26 Å². The molecule has 0 saturated carbocycles. The Morgan fingerprint density at radius 3 is 2.05 bits per heavy atom. The molecular weight excluding hydrogens is 278 g/mol. The Hall–Kier alpha value is -3.19. The molecule has 2 aromatic rings. The molecule has 1 N–H and O–H groups in total. The van der Waals surface area contributed by atoms with E-state index in [-0.39, 0.29) is 16.9 Å². The highest BCUT2D eigenvalue weighted by Gasteiger charge is 2.12. The Morgan fingerprint density at radius 1 is 1.00 bits per heavy atom. The normalized spacial score (nSPS) is 10.8. The summed E-state index contributed by atoms with van der Waals surface area (Å²) in [4.78, 5) is 23.1. The van der Waals surface area contributed by atoms with E-state index in [1.807, 2.05) is 25.1 Å². The molecule has 2 aromatic carbocycles. The molecule has 4 nitrogen and oxygen atoms in total. The second-order valence-electron chi connectivity index (χ2n) is 4.79. The molecule has 0 aliphatic carbocycles. The van der Waals surface area contributed by atoms with Crippen LogP contribution in [0.3, 0.4) is 0 Å². The van der Waals surface area contributed by atoms with Crippen LogP contribution in [0, 0.1) is 18.3 Å². The van der Waals surface area contributed by atoms with E-state index in [0.717, 1.165) is 5.56 Å². The van der Waals surface area contributed by atoms with E-state index in [1.165, 1.54) is 18.2 Å². The van der Waals surface area contributed by atoms with Crippen LogP contribution in [-0.4, -0.2) is 16.9 Å². The van der Waals surface area contributed by atoms with Crippen molar-refractivity contribution in [3.63, 3.8) is 0 Å². The van der Waals surface area contributed by atoms with Gasteiger partial charge < -0.3 is 5.11 Å². The van der Waals surface area contributed by atoms with Gasteiger partial charge in [-0.15, -0.1) is 0 Å². The second-order valence-corrected chi connectivity index (χ2v) is 4.79. The maximum Gasteiger partial charge on any atom is 0.335 e. The topological polar surface area (TPSA) is 78.2 Å². The third-order valence-electron chi connectivity index (χ3n) is 3.15. The lowest BCUT2D eigenvalue weighted by atomic mass is 10.0. The van der Waals surface area contributed by atoms with Gasteiger partial charge in [0.05, 0.1) is 5.56 Å². The van der Waals surface area contributed by atoms with Crippen LogP contribution in [0.4, 0.5) is 0 Å². The fraction of sp³-hybridized carbons (Fsp3) is 0.0556. The van der Waals surface area contributed by atoms with Gasteiger partial charge >= 0.3 is 5.97 Å². The SMILES string of the molecule is Cc1ccc(C(=O)/C(C#N)=C/c2ccc(C(=O)O)cc2)cc1. The maximum absolute atomic E-state index is 12.3. The van der Waals surface area contributed by atoms with Crippen molar-refractivity contribution in [2.45, 2.75) is 6.92 Å². The number of nitrogens with zero attached hydrogens (tertiary/aromatic N) is 1. The number of rotatable bonds is 4. The monoisotopic (exact) mass is 291 g/mol. The summed E-state index contributed by atoms with van der Waals surface area (Å²) in [6, 6.07) is 14.8. The van der Waals surface area contributed by atoms with Gasteiger partial charge in [-0.3, -0.25) is 4.79 Å². The van der Waals surface area contributed by atoms with Crippen LogP contribution in [-0.2, 0) is 0 Å². The predicted molar refractivity (Wildman–Crippen MR) is 82.5 cm³/mol. The van der Waals surface area contributed by atoms with Gasteiger partial charge in [0.15, 0.2) is 0 Å². The fourth-order valence-electron chi connectivity index (χ4n) is 1.90. The zero-order valence-electron chi connectivity index (χ0n) is 11.9. The van der Waals surface area contributed by atoms with E-state index in [4.69, 9.17) is 5.11 Å². The molecule has 0 aliphatic heterocycles. The number of aryl methyl sites for hydroxylation is 1. The van der Waals surface area contributed by atoms with Gasteiger partial charge in [-0.2, -0.15) is 5.26 Å². The second kappa shape index (κ2) is 6.51. The van der Waals surface area contributed by atoms with E-state index < -0.39 is 5.97 Å². The van der Waals surface area contributed by atoms with Crippen molar-refractivity contribution in [3.8, 4) is 6.07 Å². The lowest BCUT2D eigenvalue weighted by Crippen LogP contribution is -2.02. The highest BCUT2D eigenvalue weighted by atomic mass is 16.4. The number of hydrogen-bond acceptors (Lipinski definition) is 3. The molecule has 22 heavy (non-hydrogen) atoms. The van der Waals surface area contributed by atoms with E-state index in [1.54, 1.807) is 24.3 Å². The number of carbonyl (C=O) groups is 2. The van der Waals surface area contributed by atoms with Gasteiger partial charge in [-0.05, 0) is 30.7 Å². The van der Waals surface area contributed by atoms with Crippen LogP contribution in [0.2, 0.25) is 0 Å². The third kappa shape index (κ3) is 3.47. The average Bonchev–Trinajstić information content (AvgIpc) is 2.53. The molecule has 0 radical (unpaired) electrons. The summed E-state index contributed by atoms with van der Waals surface area (Å²) in [5.74, 6) is -1.38. The quantitative estimate of drug-likeness (QED) is 0.531. The van der Waals surface area contributed by atoms with Gasteiger partial charge in [0.2, 0.25) is 5.78 Å². The zero-order chi connectivity index (χ0) is 16.1. The Kier molecular flexibility index (Phi) is 4.50. The number of nitriles is 1. The Bertz CT molecular complexity index is 779. The molecule has 108 valence electrons. The number of ketones is 1. The summed E-state index contributed by atoms with van der Waals surface area (Å²) < 4.78 is 0. The lowest BCUT2D eigenvalue weighted by molar-refractivity contribution is 0.0696. The molecule has 0 saturated heterocycles. The summed E-state index contributed by atoms with van der Waals surface area (Å²) in [7, 11) is 0. The maximum atomic E-state index is 12.3. The predicted octanol–water partition coefficient (Wildman–Crippen LogP) is 3.48. The number of benzene rings is 2. The number of hydrogen-bond donors (Lipinski definition) is 1. The van der Waals surface area contributed by atoms with Crippen LogP contribution >= 0.6 is 0 Å². The van der Waals surface area contributed by atoms with Crippen LogP contribution in [0.15, 0.2) is 54.1 Å². The molecule has 0 amide bonds. The Labute approximate surface area is 127 Å². The zero-order valence-corrected chi connectivity index (χ0v) is 11.9. The first-order valence-electron chi connectivity index (χ1n) is 6.58. The number of carboxylic acids is 1. The summed E-state index contributed by atoms with van der Waals surface area (Å²) in [6.45, 7) is 1.92. The number of carboxylic acid groups (broad SMARTS) is 1. The first-order chi connectivity index (χ1) is 10.5. The van der Waals surface area contributed by atoms with Crippen molar-refractivity contribution in [1.82, 2.24) is 0 Å². The highest BCUT2D eigenvalue weighted by molar-refractivity contribution is 6.14. The molecule has 2 rings (SSSR count). The summed E-state index contributed by atoms with van der Waals surface area (Å²) in [5, 5.41) is 18.0. The van der Waals surface area contributed by atoms with E-state index in [0.29, 0.717) is 11.1 Å². The minimum atomic E-state index is -1.02. The number of aromatic carboxylic acids is 1. The molecule has 0 unspecified atom stereocenters. The first kappa shape index (κ1) is 15.2. The van der Waals surface area contributed by atoms with E-state index >= 15 is 0 Å². The smallest absolute Gasteiger partial charge is 0.335 e. The molecule has 0 atom stereocenters. The largest absolute Gasteiger partial charge is 0.478 e. The van der Waals surface area contributed by atoms with Gasteiger partial charge in [0, 0.05) is 5.56 Å². The van der Waals surface area contributed by atoms with Crippen molar-refractivity contribution in [2.24, 2.45) is 0 Å². The van der Waals surface area contributed by atoms with E-state index in [2.05, 4.69) is 0 Å². The molecule has 0 aliphatic rings. The van der Waals surface area contributed by atoms with Gasteiger partial charge in [-0.1, -0.05) is 42.0 Å². The number of Topliss-reactive ketones (excluding diaryl/α,β-unsaturated/α-hetero) is 1. The van der Waals surface area contributed by atoms with Crippen molar-refractivity contribution in [2.75, 3.05) is 0 Å². The van der Waals surface area contributed by atoms with E-state index in [9.17, 15) is 14.9 Å². The van der Waals surface area contributed by atoms with Crippen molar-refractivity contribution in [3.05, 3.63) is 76.4 Å². The summed E-state index contributed by atoms with van der Waals surface area (Å²) in [5.41, 5.74) is 2.23. The molecule has 0 aromatic heterocycles.